The van der Waals surface area contributed by atoms with Crippen LogP contribution in [0.3, 0.4) is 0 Å². The molecule has 1 fully saturated rings. The molecule has 194 valence electrons. The van der Waals surface area contributed by atoms with Crippen LogP contribution in [0.5, 0.6) is 23.0 Å². The minimum Gasteiger partial charge on any atom is -0.493 e. The van der Waals surface area contributed by atoms with Crippen molar-refractivity contribution in [3.8, 4) is 23.0 Å². The Morgan fingerprint density at radius 3 is 2.05 bits per heavy atom. The second-order valence-corrected chi connectivity index (χ2v) is 8.91. The first-order chi connectivity index (χ1) is 18.3. The number of anilines is 2. The fourth-order valence-electron chi connectivity index (χ4n) is 4.08. The van der Waals surface area contributed by atoms with Crippen LogP contribution in [0, 0.1) is 18.2 Å². The molecule has 38 heavy (non-hydrogen) atoms. The molecule has 0 radical (unpaired) electrons. The van der Waals surface area contributed by atoms with Crippen molar-refractivity contribution in [3.05, 3.63) is 72.4 Å². The van der Waals surface area contributed by atoms with Gasteiger partial charge in [0.2, 0.25) is 17.6 Å². The molecule has 1 aliphatic carbocycles. The van der Waals surface area contributed by atoms with E-state index >= 15 is 0 Å². The number of aromatic nitrogens is 2. The number of hydrogen-bond acceptors (Lipinski definition) is 7. The quantitative estimate of drug-likeness (QED) is 0.308. The predicted molar refractivity (Wildman–Crippen MR) is 139 cm³/mol. The van der Waals surface area contributed by atoms with Gasteiger partial charge in [0.05, 0.1) is 25.1 Å². The maximum atomic E-state index is 13.1. The molecule has 1 saturated carbocycles. The number of ether oxygens (including phenoxy) is 3. The van der Waals surface area contributed by atoms with E-state index in [1.54, 1.807) is 43.5 Å². The van der Waals surface area contributed by atoms with Crippen molar-refractivity contribution in [3.63, 3.8) is 0 Å². The Morgan fingerprint density at radius 2 is 1.50 bits per heavy atom. The number of hydrogen-bond donors (Lipinski definition) is 2. The molecule has 2 amide bonds. The zero-order chi connectivity index (χ0) is 26.9. The number of carbonyl (C=O) groups is 2. The summed E-state index contributed by atoms with van der Waals surface area (Å²) in [5, 5.41) is 6.15. The number of carbonyl (C=O) groups excluding carboxylic acids is 2. The van der Waals surface area contributed by atoms with Crippen LogP contribution in [0.15, 0.2) is 60.8 Å². The highest BCUT2D eigenvalue weighted by Gasteiger charge is 2.56. The van der Waals surface area contributed by atoms with E-state index in [0.717, 1.165) is 0 Å². The minimum atomic E-state index is -1.16. The molecule has 1 heterocycles. The van der Waals surface area contributed by atoms with E-state index in [1.165, 1.54) is 38.5 Å². The fourth-order valence-corrected chi connectivity index (χ4v) is 4.08. The van der Waals surface area contributed by atoms with E-state index in [1.807, 2.05) is 0 Å². The summed E-state index contributed by atoms with van der Waals surface area (Å²) in [6.07, 6.45) is 2.52. The molecule has 1 aliphatic rings. The number of nitrogens with one attached hydrogen (secondary N) is 2. The molecule has 0 saturated heterocycles. The second-order valence-electron chi connectivity index (χ2n) is 8.91. The zero-order valence-corrected chi connectivity index (χ0v) is 21.0. The first kappa shape index (κ1) is 24.9. The summed E-state index contributed by atoms with van der Waals surface area (Å²) in [7, 11) is 3.05. The number of halogens is 1. The molecule has 4 aromatic rings. The number of aryl methyl sites for hydroxylation is 1. The molecular weight excluding hydrogens is 491 g/mol. The molecular formula is C28H25FN4O5. The third-order valence-corrected chi connectivity index (χ3v) is 6.36. The molecule has 0 atom stereocenters. The lowest BCUT2D eigenvalue weighted by atomic mass is 10.0. The average molecular weight is 517 g/mol. The van der Waals surface area contributed by atoms with E-state index in [0.29, 0.717) is 63.9 Å². The molecule has 10 heteroatoms. The van der Waals surface area contributed by atoms with Gasteiger partial charge in [-0.3, -0.25) is 9.59 Å². The molecule has 9 nitrogen and oxygen atoms in total. The summed E-state index contributed by atoms with van der Waals surface area (Å²) in [5.41, 5.74) is 0.416. The van der Waals surface area contributed by atoms with Crippen LogP contribution in [-0.4, -0.2) is 36.0 Å². The van der Waals surface area contributed by atoms with Gasteiger partial charge in [-0.1, -0.05) is 0 Å². The number of rotatable bonds is 8. The van der Waals surface area contributed by atoms with Crippen LogP contribution < -0.4 is 24.8 Å². The van der Waals surface area contributed by atoms with Crippen LogP contribution >= 0.6 is 0 Å². The summed E-state index contributed by atoms with van der Waals surface area (Å²) in [6, 6.07) is 13.9. The predicted octanol–water partition coefficient (Wildman–Crippen LogP) is 5.24. The molecule has 0 spiro atoms. The largest absolute Gasteiger partial charge is 0.493 e. The third kappa shape index (κ3) is 4.80. The average Bonchev–Trinajstić information content (AvgIpc) is 3.73. The Balaban J connectivity index is 1.32. The Hall–Kier alpha value is -4.73. The topological polar surface area (TPSA) is 112 Å². The Bertz CT molecular complexity index is 1520. The standard InChI is InChI=1S/C28H25FN4O5/c1-16-30-15-21-22(31-16)14-23(36-2)25(37-3)24(21)38-20-10-8-19(9-11-20)33-27(35)28(12-13-28)26(34)32-18-6-4-17(29)5-7-18/h4-11,14-15H,12-13H2,1-3H3,(H,32,34)(H,33,35). The summed E-state index contributed by atoms with van der Waals surface area (Å²) < 4.78 is 30.3. The van der Waals surface area contributed by atoms with Gasteiger partial charge in [0.25, 0.3) is 0 Å². The SMILES string of the molecule is COc1cc2nc(C)ncc2c(Oc2ccc(NC(=O)C3(C(=O)Nc4ccc(F)cc4)CC3)cc2)c1OC. The fraction of sp³-hybridized carbons (Fsp3) is 0.214. The van der Waals surface area contributed by atoms with E-state index < -0.39 is 23.0 Å². The van der Waals surface area contributed by atoms with Crippen molar-refractivity contribution in [2.45, 2.75) is 19.8 Å². The normalized spacial score (nSPS) is 13.5. The molecule has 1 aromatic heterocycles. The van der Waals surface area contributed by atoms with Crippen molar-refractivity contribution in [2.75, 3.05) is 24.9 Å². The van der Waals surface area contributed by atoms with Gasteiger partial charge in [0, 0.05) is 23.6 Å². The smallest absolute Gasteiger partial charge is 0.240 e. The lowest BCUT2D eigenvalue weighted by molar-refractivity contribution is -0.131. The van der Waals surface area contributed by atoms with Crippen molar-refractivity contribution in [1.82, 2.24) is 9.97 Å². The molecule has 0 unspecified atom stereocenters. The maximum absolute atomic E-state index is 13.1. The van der Waals surface area contributed by atoms with Gasteiger partial charge in [-0.05, 0) is 68.3 Å². The van der Waals surface area contributed by atoms with E-state index in [-0.39, 0.29) is 0 Å². The number of methoxy groups -OCH3 is 2. The summed E-state index contributed by atoms with van der Waals surface area (Å²) in [4.78, 5) is 34.5. The molecule has 0 aliphatic heterocycles. The van der Waals surface area contributed by atoms with Crippen LogP contribution in [0.1, 0.15) is 18.7 Å². The Labute approximate surface area is 218 Å². The number of fused-ring (bicyclic) bond motifs is 1. The van der Waals surface area contributed by atoms with Crippen LogP contribution in [0.2, 0.25) is 0 Å². The van der Waals surface area contributed by atoms with Crippen LogP contribution in [0.25, 0.3) is 10.9 Å². The van der Waals surface area contributed by atoms with Crippen LogP contribution in [0.4, 0.5) is 15.8 Å². The monoisotopic (exact) mass is 516 g/mol. The van der Waals surface area contributed by atoms with E-state index in [9.17, 15) is 14.0 Å². The molecule has 2 N–H and O–H groups in total. The summed E-state index contributed by atoms with van der Waals surface area (Å²) in [5.74, 6) is 1.11. The van der Waals surface area contributed by atoms with Gasteiger partial charge < -0.3 is 24.8 Å². The highest BCUT2D eigenvalue weighted by Crippen LogP contribution is 2.48. The van der Waals surface area contributed by atoms with Crippen molar-refractivity contribution < 1.29 is 28.2 Å². The first-order valence-electron chi connectivity index (χ1n) is 11.9. The number of benzene rings is 3. The van der Waals surface area contributed by atoms with E-state index in [4.69, 9.17) is 14.2 Å². The lowest BCUT2D eigenvalue weighted by Gasteiger charge is -2.17. The highest BCUT2D eigenvalue weighted by molar-refractivity contribution is 6.16. The van der Waals surface area contributed by atoms with Crippen molar-refractivity contribution in [2.24, 2.45) is 5.41 Å². The Morgan fingerprint density at radius 1 is 0.895 bits per heavy atom. The van der Waals surface area contributed by atoms with Gasteiger partial charge in [0.1, 0.15) is 22.8 Å². The zero-order valence-electron chi connectivity index (χ0n) is 21.0. The van der Waals surface area contributed by atoms with Gasteiger partial charge in [-0.2, -0.15) is 0 Å². The van der Waals surface area contributed by atoms with Crippen LogP contribution in [-0.2, 0) is 9.59 Å². The maximum Gasteiger partial charge on any atom is 0.240 e. The third-order valence-electron chi connectivity index (χ3n) is 6.36. The first-order valence-corrected chi connectivity index (χ1v) is 11.9. The highest BCUT2D eigenvalue weighted by atomic mass is 19.1. The number of amides is 2. The van der Waals surface area contributed by atoms with E-state index in [2.05, 4.69) is 20.6 Å². The van der Waals surface area contributed by atoms with Crippen molar-refractivity contribution in [1.29, 1.82) is 0 Å². The van der Waals surface area contributed by atoms with Gasteiger partial charge in [-0.25, -0.2) is 14.4 Å². The number of nitrogens with zero attached hydrogens (tertiary/aromatic N) is 2. The molecule has 5 rings (SSSR count). The van der Waals surface area contributed by atoms with Crippen molar-refractivity contribution >= 4 is 34.1 Å². The minimum absolute atomic E-state index is 0.396. The molecule has 0 bridgehead atoms. The molecule has 3 aromatic carbocycles. The van der Waals surface area contributed by atoms with Gasteiger partial charge in [-0.15, -0.1) is 0 Å². The summed E-state index contributed by atoms with van der Waals surface area (Å²) >= 11 is 0. The summed E-state index contributed by atoms with van der Waals surface area (Å²) in [6.45, 7) is 1.79. The van der Waals surface area contributed by atoms with Gasteiger partial charge >= 0.3 is 0 Å². The Kier molecular flexibility index (Phi) is 6.54. The lowest BCUT2D eigenvalue weighted by Crippen LogP contribution is -2.35. The van der Waals surface area contributed by atoms with Gasteiger partial charge in [0.15, 0.2) is 11.5 Å². The second kappa shape index (κ2) is 9.97.